The monoisotopic (exact) mass is 274 g/mol. The maximum absolute atomic E-state index is 9.64. The number of rotatable bonds is 6. The number of hydrogen-bond donors (Lipinski definition) is 3. The van der Waals surface area contributed by atoms with Crippen LogP contribution in [-0.4, -0.2) is 21.7 Å². The van der Waals surface area contributed by atoms with Crippen LogP contribution in [0.4, 0.5) is 0 Å². The predicted molar refractivity (Wildman–Crippen MR) is 74.9 cm³/mol. The lowest BCUT2D eigenvalue weighted by atomic mass is 10.2. The van der Waals surface area contributed by atoms with Crippen LogP contribution in [0.5, 0.6) is 5.75 Å². The third-order valence-electron chi connectivity index (χ3n) is 2.91. The number of aliphatic hydroxyl groups excluding tert-OH is 2. The van der Waals surface area contributed by atoms with E-state index in [9.17, 15) is 10.2 Å². The first-order valence-electron chi connectivity index (χ1n) is 6.40. The van der Waals surface area contributed by atoms with Crippen LogP contribution in [0.15, 0.2) is 42.5 Å². The van der Waals surface area contributed by atoms with Gasteiger partial charge < -0.3 is 20.7 Å². The molecule has 0 aliphatic rings. The molecule has 0 spiro atoms. The Morgan fingerprint density at radius 3 is 2.55 bits per heavy atom. The summed E-state index contributed by atoms with van der Waals surface area (Å²) in [5, 5.41) is 19.0. The van der Waals surface area contributed by atoms with Gasteiger partial charge in [-0.25, -0.2) is 4.98 Å². The molecular weight excluding hydrogens is 256 g/mol. The Morgan fingerprint density at radius 2 is 1.90 bits per heavy atom. The van der Waals surface area contributed by atoms with E-state index >= 15 is 0 Å². The lowest BCUT2D eigenvalue weighted by Crippen LogP contribution is -2.14. The van der Waals surface area contributed by atoms with Gasteiger partial charge in [-0.3, -0.25) is 0 Å². The van der Waals surface area contributed by atoms with Gasteiger partial charge in [-0.05, 0) is 17.7 Å². The highest BCUT2D eigenvalue weighted by Gasteiger charge is 2.11. The number of aromatic nitrogens is 1. The Balaban J connectivity index is 2.11. The lowest BCUT2D eigenvalue weighted by Gasteiger charge is -2.13. The zero-order chi connectivity index (χ0) is 14.4. The van der Waals surface area contributed by atoms with Crippen molar-refractivity contribution >= 4 is 0 Å². The molecule has 1 aromatic heterocycles. The summed E-state index contributed by atoms with van der Waals surface area (Å²) >= 11 is 0. The maximum atomic E-state index is 9.64. The van der Waals surface area contributed by atoms with Crippen LogP contribution in [0.25, 0.3) is 0 Å². The van der Waals surface area contributed by atoms with E-state index in [1.165, 1.54) is 0 Å². The van der Waals surface area contributed by atoms with E-state index in [4.69, 9.17) is 10.5 Å². The third kappa shape index (κ3) is 3.54. The van der Waals surface area contributed by atoms with E-state index in [0.717, 1.165) is 5.56 Å². The number of hydrogen-bond acceptors (Lipinski definition) is 5. The fourth-order valence-electron chi connectivity index (χ4n) is 1.79. The average Bonchev–Trinajstić information content (AvgIpc) is 2.53. The summed E-state index contributed by atoms with van der Waals surface area (Å²) in [5.41, 5.74) is 7.24. The van der Waals surface area contributed by atoms with Gasteiger partial charge in [-0.2, -0.15) is 0 Å². The molecule has 0 saturated carbocycles. The molecule has 0 saturated heterocycles. The Hall–Kier alpha value is -1.95. The first kappa shape index (κ1) is 14.5. The molecule has 1 aromatic carbocycles. The molecule has 4 N–H and O–H groups in total. The van der Waals surface area contributed by atoms with Crippen molar-refractivity contribution in [2.75, 3.05) is 6.54 Å². The highest BCUT2D eigenvalue weighted by atomic mass is 16.5. The van der Waals surface area contributed by atoms with Crippen molar-refractivity contribution in [3.8, 4) is 5.75 Å². The van der Waals surface area contributed by atoms with Crippen molar-refractivity contribution < 1.29 is 14.9 Å². The minimum Gasteiger partial charge on any atom is -0.487 e. The van der Waals surface area contributed by atoms with Crippen LogP contribution in [0, 0.1) is 0 Å². The van der Waals surface area contributed by atoms with Gasteiger partial charge in [0.25, 0.3) is 0 Å². The molecule has 106 valence electrons. The van der Waals surface area contributed by atoms with Crippen molar-refractivity contribution in [2.45, 2.75) is 19.3 Å². The predicted octanol–water partition coefficient (Wildman–Crippen LogP) is 1.15. The van der Waals surface area contributed by atoms with Crippen molar-refractivity contribution in [3.05, 3.63) is 59.4 Å². The molecular formula is C15H18N2O3. The van der Waals surface area contributed by atoms with E-state index in [2.05, 4.69) is 4.98 Å². The van der Waals surface area contributed by atoms with Crippen molar-refractivity contribution in [2.24, 2.45) is 5.73 Å². The van der Waals surface area contributed by atoms with Gasteiger partial charge in [-0.15, -0.1) is 0 Å². The van der Waals surface area contributed by atoms with Crippen LogP contribution < -0.4 is 10.5 Å². The van der Waals surface area contributed by atoms with Gasteiger partial charge in [0.15, 0.2) is 0 Å². The molecule has 0 radical (unpaired) electrons. The summed E-state index contributed by atoms with van der Waals surface area (Å²) in [7, 11) is 0. The van der Waals surface area contributed by atoms with Crippen LogP contribution in [-0.2, 0) is 13.2 Å². The standard InChI is InChI=1S/C15H18N2O3/c16-8-14(19)12-6-7-15(13(9-18)17-12)20-10-11-4-2-1-3-5-11/h1-7,14,18-19H,8-10,16H2. The molecule has 5 nitrogen and oxygen atoms in total. The highest BCUT2D eigenvalue weighted by Crippen LogP contribution is 2.21. The molecule has 20 heavy (non-hydrogen) atoms. The number of benzene rings is 1. The zero-order valence-electron chi connectivity index (χ0n) is 11.1. The van der Waals surface area contributed by atoms with Crippen molar-refractivity contribution in [1.82, 2.24) is 4.98 Å². The second kappa shape index (κ2) is 7.00. The van der Waals surface area contributed by atoms with E-state index in [0.29, 0.717) is 23.7 Å². The molecule has 0 amide bonds. The Kier molecular flexibility index (Phi) is 5.06. The fraction of sp³-hybridized carbons (Fsp3) is 0.267. The molecule has 0 bridgehead atoms. The van der Waals surface area contributed by atoms with Gasteiger partial charge in [0.2, 0.25) is 0 Å². The topological polar surface area (TPSA) is 88.6 Å². The number of nitrogens with zero attached hydrogens (tertiary/aromatic N) is 1. The molecule has 1 heterocycles. The molecule has 2 rings (SSSR count). The molecule has 0 fully saturated rings. The number of pyridine rings is 1. The summed E-state index contributed by atoms with van der Waals surface area (Å²) in [6, 6.07) is 13.1. The zero-order valence-corrected chi connectivity index (χ0v) is 11.1. The van der Waals surface area contributed by atoms with E-state index in [-0.39, 0.29) is 13.2 Å². The summed E-state index contributed by atoms with van der Waals surface area (Å²) in [4.78, 5) is 4.17. The molecule has 1 atom stereocenters. The molecule has 2 aromatic rings. The van der Waals surface area contributed by atoms with Crippen molar-refractivity contribution in [1.29, 1.82) is 0 Å². The fourth-order valence-corrected chi connectivity index (χ4v) is 1.79. The minimum absolute atomic E-state index is 0.0854. The molecule has 0 aliphatic heterocycles. The Bertz CT molecular complexity index is 546. The van der Waals surface area contributed by atoms with Crippen LogP contribution in [0.3, 0.4) is 0 Å². The largest absolute Gasteiger partial charge is 0.487 e. The second-order valence-electron chi connectivity index (χ2n) is 4.36. The first-order chi connectivity index (χ1) is 9.74. The second-order valence-corrected chi connectivity index (χ2v) is 4.36. The van der Waals surface area contributed by atoms with Gasteiger partial charge in [0.1, 0.15) is 24.2 Å². The van der Waals surface area contributed by atoms with Crippen LogP contribution >= 0.6 is 0 Å². The van der Waals surface area contributed by atoms with Crippen LogP contribution in [0.1, 0.15) is 23.1 Å². The maximum Gasteiger partial charge on any atom is 0.143 e. The number of aliphatic hydroxyl groups is 2. The first-order valence-corrected chi connectivity index (χ1v) is 6.40. The summed E-state index contributed by atoms with van der Waals surface area (Å²) in [5.74, 6) is 0.504. The quantitative estimate of drug-likeness (QED) is 0.735. The van der Waals surface area contributed by atoms with Gasteiger partial charge in [0.05, 0.1) is 12.3 Å². The number of ether oxygens (including phenoxy) is 1. The molecule has 0 aliphatic carbocycles. The molecule has 1 unspecified atom stereocenters. The normalized spacial score (nSPS) is 12.2. The van der Waals surface area contributed by atoms with Gasteiger partial charge >= 0.3 is 0 Å². The summed E-state index contributed by atoms with van der Waals surface area (Å²) in [6.07, 6.45) is -0.830. The Morgan fingerprint density at radius 1 is 1.15 bits per heavy atom. The van der Waals surface area contributed by atoms with Gasteiger partial charge in [-0.1, -0.05) is 30.3 Å². The SMILES string of the molecule is NCC(O)c1ccc(OCc2ccccc2)c(CO)n1. The minimum atomic E-state index is -0.830. The van der Waals surface area contributed by atoms with Crippen molar-refractivity contribution in [3.63, 3.8) is 0 Å². The smallest absolute Gasteiger partial charge is 0.143 e. The van der Waals surface area contributed by atoms with E-state index < -0.39 is 6.10 Å². The van der Waals surface area contributed by atoms with Gasteiger partial charge in [0, 0.05) is 6.54 Å². The molecule has 5 heteroatoms. The Labute approximate surface area is 117 Å². The lowest BCUT2D eigenvalue weighted by molar-refractivity contribution is 0.179. The third-order valence-corrected chi connectivity index (χ3v) is 2.91. The number of nitrogens with two attached hydrogens (primary N) is 1. The van der Waals surface area contributed by atoms with Crippen LogP contribution in [0.2, 0.25) is 0 Å². The highest BCUT2D eigenvalue weighted by molar-refractivity contribution is 5.30. The summed E-state index contributed by atoms with van der Waals surface area (Å²) in [6.45, 7) is 0.228. The van der Waals surface area contributed by atoms with E-state index in [1.807, 2.05) is 30.3 Å². The average molecular weight is 274 g/mol. The summed E-state index contributed by atoms with van der Waals surface area (Å²) < 4.78 is 5.65. The van der Waals surface area contributed by atoms with E-state index in [1.54, 1.807) is 12.1 Å².